The van der Waals surface area contributed by atoms with Gasteiger partial charge in [0.1, 0.15) is 0 Å². The molecule has 1 unspecified atom stereocenters. The van der Waals surface area contributed by atoms with Crippen LogP contribution in [0, 0.1) is 0 Å². The van der Waals surface area contributed by atoms with Gasteiger partial charge in [-0.2, -0.15) is 0 Å². The molecule has 1 aromatic carbocycles. The molecule has 0 radical (unpaired) electrons. The molecule has 0 bridgehead atoms. The zero-order chi connectivity index (χ0) is 14.7. The van der Waals surface area contributed by atoms with Gasteiger partial charge in [0, 0.05) is 28.5 Å². The zero-order valence-corrected chi connectivity index (χ0v) is 14.9. The molecule has 0 aliphatic carbocycles. The van der Waals surface area contributed by atoms with Crippen molar-refractivity contribution in [3.63, 3.8) is 0 Å². The molecule has 20 heavy (non-hydrogen) atoms. The van der Waals surface area contributed by atoms with Crippen LogP contribution in [0.4, 0.5) is 0 Å². The average molecular weight is 394 g/mol. The zero-order valence-electron chi connectivity index (χ0n) is 10.9. The van der Waals surface area contributed by atoms with Gasteiger partial charge in [-0.05, 0) is 52.8 Å². The normalized spacial score (nSPS) is 12.9. The summed E-state index contributed by atoms with van der Waals surface area (Å²) in [5.74, 6) is 0. The van der Waals surface area contributed by atoms with E-state index in [9.17, 15) is 0 Å². The highest BCUT2D eigenvalue weighted by Gasteiger charge is 2.17. The van der Waals surface area contributed by atoms with E-state index < -0.39 is 0 Å². The molecule has 1 atom stereocenters. The van der Waals surface area contributed by atoms with Crippen molar-refractivity contribution < 1.29 is 0 Å². The molecule has 1 heterocycles. The number of rotatable bonds is 5. The lowest BCUT2D eigenvalue weighted by Gasteiger charge is -2.27. The van der Waals surface area contributed by atoms with Gasteiger partial charge in [0.15, 0.2) is 0 Å². The first-order valence-corrected chi connectivity index (χ1v) is 8.47. The lowest BCUT2D eigenvalue weighted by atomic mass is 10.1. The van der Waals surface area contributed by atoms with E-state index in [0.29, 0.717) is 11.6 Å². The third-order valence-corrected chi connectivity index (χ3v) is 5.55. The monoisotopic (exact) mass is 392 g/mol. The van der Waals surface area contributed by atoms with Gasteiger partial charge in [-0.1, -0.05) is 29.3 Å². The van der Waals surface area contributed by atoms with Crippen molar-refractivity contribution in [2.24, 2.45) is 5.73 Å². The molecule has 2 nitrogen and oxygen atoms in total. The molecule has 0 aliphatic rings. The lowest BCUT2D eigenvalue weighted by Crippen LogP contribution is -2.29. The molecule has 2 N–H and O–H groups in total. The quantitative estimate of drug-likeness (QED) is 0.778. The van der Waals surface area contributed by atoms with E-state index in [4.69, 9.17) is 28.9 Å². The first kappa shape index (κ1) is 16.3. The highest BCUT2D eigenvalue weighted by Crippen LogP contribution is 2.29. The first-order chi connectivity index (χ1) is 9.51. The molecule has 0 amide bonds. The van der Waals surface area contributed by atoms with Crippen molar-refractivity contribution in [3.05, 3.63) is 54.6 Å². The van der Waals surface area contributed by atoms with Gasteiger partial charge < -0.3 is 5.73 Å². The molecule has 6 heteroatoms. The fourth-order valence-electron chi connectivity index (χ4n) is 2.08. The number of likely N-dealkylation sites (N-methyl/N-ethyl adjacent to an activating group) is 1. The maximum atomic E-state index is 6.04. The fourth-order valence-corrected chi connectivity index (χ4v) is 3.75. The Kier molecular flexibility index (Phi) is 5.90. The number of nitrogens with two attached hydrogens (primary N) is 1. The summed E-state index contributed by atoms with van der Waals surface area (Å²) >= 11 is 17.1. The van der Waals surface area contributed by atoms with Gasteiger partial charge in [-0.15, -0.1) is 11.3 Å². The van der Waals surface area contributed by atoms with Crippen molar-refractivity contribution in [3.8, 4) is 0 Å². The molecule has 0 fully saturated rings. The lowest BCUT2D eigenvalue weighted by molar-refractivity contribution is 0.244. The fraction of sp³-hybridized carbons (Fsp3) is 0.286. The van der Waals surface area contributed by atoms with E-state index >= 15 is 0 Å². The second kappa shape index (κ2) is 7.25. The Labute approximate surface area is 141 Å². The van der Waals surface area contributed by atoms with Crippen LogP contribution in [0.3, 0.4) is 0 Å². The minimum Gasteiger partial charge on any atom is -0.329 e. The van der Waals surface area contributed by atoms with Crippen LogP contribution < -0.4 is 5.73 Å². The summed E-state index contributed by atoms with van der Waals surface area (Å²) in [5, 5.41) is 0.706. The molecule has 2 aromatic rings. The molecule has 0 saturated carbocycles. The van der Waals surface area contributed by atoms with E-state index in [1.165, 1.54) is 4.88 Å². The minimum atomic E-state index is 0.143. The van der Waals surface area contributed by atoms with Crippen LogP contribution in [0.15, 0.2) is 34.8 Å². The summed E-state index contributed by atoms with van der Waals surface area (Å²) in [5.41, 5.74) is 7.09. The maximum Gasteiger partial charge on any atom is 0.0931 e. The molecular weight excluding hydrogens is 379 g/mol. The molecule has 0 aliphatic heterocycles. The van der Waals surface area contributed by atoms with E-state index in [1.54, 1.807) is 11.3 Å². The van der Waals surface area contributed by atoms with Gasteiger partial charge in [0.25, 0.3) is 0 Å². The molecular formula is C14H15BrCl2N2S. The second-order valence-electron chi connectivity index (χ2n) is 4.55. The molecule has 0 spiro atoms. The Bertz CT molecular complexity index is 588. The largest absolute Gasteiger partial charge is 0.329 e. The Hall–Kier alpha value is -0.100. The third-order valence-electron chi connectivity index (χ3n) is 3.12. The smallest absolute Gasteiger partial charge is 0.0931 e. The van der Waals surface area contributed by atoms with Crippen LogP contribution in [0.2, 0.25) is 9.36 Å². The van der Waals surface area contributed by atoms with E-state index in [-0.39, 0.29) is 6.04 Å². The van der Waals surface area contributed by atoms with Crippen molar-refractivity contribution in [1.29, 1.82) is 0 Å². The standard InChI is InChI=1S/C14H15BrCl2N2S/c1-19(8-10-3-5-14(17)20-10)13(7-18)9-2-4-12(16)11(15)6-9/h2-6,13H,7-8,18H2,1H3. The van der Waals surface area contributed by atoms with E-state index in [0.717, 1.165) is 20.9 Å². The van der Waals surface area contributed by atoms with Crippen molar-refractivity contribution >= 4 is 50.5 Å². The SMILES string of the molecule is CN(Cc1ccc(Cl)s1)C(CN)c1ccc(Cl)c(Br)c1. The molecule has 1 aromatic heterocycles. The summed E-state index contributed by atoms with van der Waals surface area (Å²) in [6.45, 7) is 1.36. The predicted molar refractivity (Wildman–Crippen MR) is 91.7 cm³/mol. The van der Waals surface area contributed by atoms with Crippen LogP contribution in [0.1, 0.15) is 16.5 Å². The topological polar surface area (TPSA) is 29.3 Å². The van der Waals surface area contributed by atoms with Crippen molar-refractivity contribution in [1.82, 2.24) is 4.90 Å². The van der Waals surface area contributed by atoms with Gasteiger partial charge in [0.05, 0.1) is 9.36 Å². The van der Waals surface area contributed by atoms with E-state index in [2.05, 4.69) is 33.9 Å². The number of benzene rings is 1. The highest BCUT2D eigenvalue weighted by atomic mass is 79.9. The van der Waals surface area contributed by atoms with Gasteiger partial charge in [-0.25, -0.2) is 0 Å². The second-order valence-corrected chi connectivity index (χ2v) is 7.61. The summed E-state index contributed by atoms with van der Waals surface area (Å²) < 4.78 is 1.70. The number of thiophene rings is 1. The number of halogens is 3. The van der Waals surface area contributed by atoms with Crippen LogP contribution in [-0.4, -0.2) is 18.5 Å². The molecule has 108 valence electrons. The van der Waals surface area contributed by atoms with Crippen LogP contribution in [-0.2, 0) is 6.54 Å². The predicted octanol–water partition coefficient (Wildman–Crippen LogP) is 4.95. The van der Waals surface area contributed by atoms with Crippen molar-refractivity contribution in [2.45, 2.75) is 12.6 Å². The number of hydrogen-bond donors (Lipinski definition) is 1. The van der Waals surface area contributed by atoms with E-state index in [1.807, 2.05) is 24.3 Å². The summed E-state index contributed by atoms with van der Waals surface area (Å²) in [7, 11) is 2.06. The van der Waals surface area contributed by atoms with Gasteiger partial charge in [0.2, 0.25) is 0 Å². The highest BCUT2D eigenvalue weighted by molar-refractivity contribution is 9.10. The van der Waals surface area contributed by atoms with Crippen LogP contribution in [0.5, 0.6) is 0 Å². The van der Waals surface area contributed by atoms with Gasteiger partial charge >= 0.3 is 0 Å². The average Bonchev–Trinajstić information content (AvgIpc) is 2.80. The maximum absolute atomic E-state index is 6.04. The van der Waals surface area contributed by atoms with Crippen LogP contribution in [0.25, 0.3) is 0 Å². The summed E-state index contributed by atoms with van der Waals surface area (Å²) in [4.78, 5) is 3.45. The third kappa shape index (κ3) is 3.97. The molecule has 0 saturated heterocycles. The first-order valence-electron chi connectivity index (χ1n) is 6.10. The van der Waals surface area contributed by atoms with Crippen molar-refractivity contribution in [2.75, 3.05) is 13.6 Å². The Balaban J connectivity index is 2.16. The summed E-state index contributed by atoms with van der Waals surface area (Å²) in [6, 6.07) is 10.0. The molecule has 2 rings (SSSR count). The van der Waals surface area contributed by atoms with Gasteiger partial charge in [-0.3, -0.25) is 4.90 Å². The number of nitrogens with zero attached hydrogens (tertiary/aromatic N) is 1. The van der Waals surface area contributed by atoms with Crippen LogP contribution >= 0.6 is 50.5 Å². The minimum absolute atomic E-state index is 0.143. The Morgan fingerprint density at radius 2 is 2.05 bits per heavy atom. The summed E-state index contributed by atoms with van der Waals surface area (Å²) in [6.07, 6.45) is 0. The Morgan fingerprint density at radius 1 is 1.30 bits per heavy atom. The Morgan fingerprint density at radius 3 is 2.60 bits per heavy atom. The number of hydrogen-bond acceptors (Lipinski definition) is 3.